The Morgan fingerprint density at radius 1 is 1.20 bits per heavy atom. The molecule has 0 aliphatic carbocycles. The van der Waals surface area contributed by atoms with E-state index >= 15 is 0 Å². The SMILES string of the molecule is COC1CN(Cc2ccccc2)C[C@@H]1c1nn2c(C3CCOCC3)ncc2c(=O)[nH]1. The van der Waals surface area contributed by atoms with Crippen molar-refractivity contribution in [3.8, 4) is 0 Å². The summed E-state index contributed by atoms with van der Waals surface area (Å²) in [5, 5.41) is 4.84. The Bertz CT molecular complexity index is 1060. The summed E-state index contributed by atoms with van der Waals surface area (Å²) >= 11 is 0. The molecule has 0 bridgehead atoms. The molecule has 5 rings (SSSR count). The van der Waals surface area contributed by atoms with Crippen LogP contribution in [0.2, 0.25) is 0 Å². The van der Waals surface area contributed by atoms with Crippen LogP contribution in [0.25, 0.3) is 5.52 Å². The van der Waals surface area contributed by atoms with Gasteiger partial charge in [0.2, 0.25) is 0 Å². The van der Waals surface area contributed by atoms with E-state index in [4.69, 9.17) is 14.6 Å². The molecule has 2 fully saturated rings. The van der Waals surface area contributed by atoms with E-state index in [0.717, 1.165) is 51.5 Å². The van der Waals surface area contributed by atoms with Crippen molar-refractivity contribution in [1.29, 1.82) is 0 Å². The van der Waals surface area contributed by atoms with Crippen LogP contribution in [0.4, 0.5) is 0 Å². The van der Waals surface area contributed by atoms with Crippen LogP contribution < -0.4 is 5.56 Å². The lowest BCUT2D eigenvalue weighted by atomic mass is 10.00. The second-order valence-corrected chi connectivity index (χ2v) is 8.20. The van der Waals surface area contributed by atoms with Gasteiger partial charge in [-0.1, -0.05) is 30.3 Å². The van der Waals surface area contributed by atoms with E-state index in [1.165, 1.54) is 5.56 Å². The first-order valence-corrected chi connectivity index (χ1v) is 10.6. The number of H-pyrrole nitrogens is 1. The Kier molecular flexibility index (Phi) is 5.37. The molecule has 2 aliphatic rings. The van der Waals surface area contributed by atoms with Crippen LogP contribution in [-0.4, -0.2) is 64.0 Å². The van der Waals surface area contributed by atoms with Crippen LogP contribution >= 0.6 is 0 Å². The lowest BCUT2D eigenvalue weighted by Crippen LogP contribution is -2.26. The Morgan fingerprint density at radius 3 is 2.77 bits per heavy atom. The highest BCUT2D eigenvalue weighted by molar-refractivity contribution is 5.42. The van der Waals surface area contributed by atoms with E-state index in [9.17, 15) is 4.79 Å². The second kappa shape index (κ2) is 8.29. The van der Waals surface area contributed by atoms with Crippen molar-refractivity contribution in [3.63, 3.8) is 0 Å². The third-order valence-corrected chi connectivity index (χ3v) is 6.28. The van der Waals surface area contributed by atoms with Gasteiger partial charge in [-0.15, -0.1) is 0 Å². The van der Waals surface area contributed by atoms with E-state index in [-0.39, 0.29) is 23.5 Å². The van der Waals surface area contributed by atoms with Crippen LogP contribution in [0.5, 0.6) is 0 Å². The Hall–Kier alpha value is -2.55. The number of nitrogens with zero attached hydrogens (tertiary/aromatic N) is 4. The fourth-order valence-corrected chi connectivity index (χ4v) is 4.66. The molecule has 8 nitrogen and oxygen atoms in total. The average molecular weight is 409 g/mol. The highest BCUT2D eigenvalue weighted by Crippen LogP contribution is 2.29. The molecule has 1 unspecified atom stereocenters. The number of methoxy groups -OCH3 is 1. The van der Waals surface area contributed by atoms with Gasteiger partial charge in [-0.2, -0.15) is 5.10 Å². The molecule has 3 aromatic rings. The molecule has 30 heavy (non-hydrogen) atoms. The lowest BCUT2D eigenvalue weighted by molar-refractivity contribution is 0.0831. The lowest BCUT2D eigenvalue weighted by Gasteiger charge is -2.21. The third kappa shape index (κ3) is 3.66. The molecule has 158 valence electrons. The van der Waals surface area contributed by atoms with E-state index in [2.05, 4.69) is 39.1 Å². The van der Waals surface area contributed by atoms with Gasteiger partial charge in [-0.25, -0.2) is 9.50 Å². The predicted octanol–water partition coefficient (Wildman–Crippen LogP) is 1.93. The molecule has 2 aromatic heterocycles. The summed E-state index contributed by atoms with van der Waals surface area (Å²) in [5.41, 5.74) is 1.61. The van der Waals surface area contributed by atoms with Gasteiger partial charge in [0.25, 0.3) is 5.56 Å². The predicted molar refractivity (Wildman–Crippen MR) is 112 cm³/mol. The standard InChI is InChI=1S/C22H27N5O3/c1-29-19-14-26(12-15-5-3-2-4-6-15)13-17(19)20-24-22(28)18-11-23-21(27(18)25-20)16-7-9-30-10-8-16/h2-6,11,16-17,19H,7-10,12-14H2,1H3,(H,24,25,28)/t17-,19?/m0/s1. The van der Waals surface area contributed by atoms with Gasteiger partial charge in [0.1, 0.15) is 11.6 Å². The average Bonchev–Trinajstić information content (AvgIpc) is 3.39. The van der Waals surface area contributed by atoms with Gasteiger partial charge < -0.3 is 14.5 Å². The largest absolute Gasteiger partial charge is 0.381 e. The second-order valence-electron chi connectivity index (χ2n) is 8.20. The molecule has 0 saturated carbocycles. The number of hydrogen-bond acceptors (Lipinski definition) is 6. The molecule has 8 heteroatoms. The number of likely N-dealkylation sites (tertiary alicyclic amines) is 1. The van der Waals surface area contributed by atoms with E-state index in [1.54, 1.807) is 17.8 Å². The van der Waals surface area contributed by atoms with Crippen molar-refractivity contribution in [1.82, 2.24) is 24.5 Å². The first kappa shape index (κ1) is 19.4. The maximum Gasteiger partial charge on any atom is 0.276 e. The quantitative estimate of drug-likeness (QED) is 0.693. The minimum Gasteiger partial charge on any atom is -0.381 e. The third-order valence-electron chi connectivity index (χ3n) is 6.28. The number of aromatic amines is 1. The summed E-state index contributed by atoms with van der Waals surface area (Å²) in [7, 11) is 1.73. The molecule has 1 aromatic carbocycles. The van der Waals surface area contributed by atoms with Crippen molar-refractivity contribution in [3.05, 3.63) is 64.1 Å². The summed E-state index contributed by atoms with van der Waals surface area (Å²) in [4.78, 5) is 22.7. The highest BCUT2D eigenvalue weighted by atomic mass is 16.5. The maximum atomic E-state index is 12.8. The number of benzene rings is 1. The molecule has 2 atom stereocenters. The fourth-order valence-electron chi connectivity index (χ4n) is 4.66. The summed E-state index contributed by atoms with van der Waals surface area (Å²) in [6, 6.07) is 10.4. The van der Waals surface area contributed by atoms with Crippen LogP contribution in [0.1, 0.15) is 41.9 Å². The molecule has 1 N–H and O–H groups in total. The number of imidazole rings is 1. The molecule has 4 heterocycles. The Labute approximate surface area is 174 Å². The number of hydrogen-bond donors (Lipinski definition) is 1. The number of ether oxygens (including phenoxy) is 2. The summed E-state index contributed by atoms with van der Waals surface area (Å²) < 4.78 is 13.0. The summed E-state index contributed by atoms with van der Waals surface area (Å²) in [6.07, 6.45) is 3.41. The monoisotopic (exact) mass is 409 g/mol. The van der Waals surface area contributed by atoms with Crippen molar-refractivity contribution in [2.24, 2.45) is 0 Å². The molecule has 2 saturated heterocycles. The molecule has 0 amide bonds. The minimum atomic E-state index is -0.151. The van der Waals surface area contributed by atoms with Crippen LogP contribution in [-0.2, 0) is 16.0 Å². The first-order valence-electron chi connectivity index (χ1n) is 10.6. The molecule has 0 spiro atoms. The molecular weight excluding hydrogens is 382 g/mol. The van der Waals surface area contributed by atoms with Gasteiger partial charge in [0, 0.05) is 45.9 Å². The fraction of sp³-hybridized carbons (Fsp3) is 0.500. The first-order chi connectivity index (χ1) is 14.7. The van der Waals surface area contributed by atoms with Gasteiger partial charge in [0.15, 0.2) is 5.52 Å². The summed E-state index contributed by atoms with van der Waals surface area (Å²) in [5.74, 6) is 1.79. The zero-order valence-electron chi connectivity index (χ0n) is 17.2. The van der Waals surface area contributed by atoms with Crippen molar-refractivity contribution in [2.75, 3.05) is 33.4 Å². The van der Waals surface area contributed by atoms with Gasteiger partial charge >= 0.3 is 0 Å². The highest BCUT2D eigenvalue weighted by Gasteiger charge is 2.36. The van der Waals surface area contributed by atoms with Crippen molar-refractivity contribution >= 4 is 5.52 Å². The Morgan fingerprint density at radius 2 is 2.00 bits per heavy atom. The van der Waals surface area contributed by atoms with E-state index in [1.807, 2.05) is 6.07 Å². The molecule has 2 aliphatic heterocycles. The minimum absolute atomic E-state index is 0.000696. The van der Waals surface area contributed by atoms with E-state index in [0.29, 0.717) is 11.3 Å². The number of nitrogens with one attached hydrogen (secondary N) is 1. The zero-order valence-corrected chi connectivity index (χ0v) is 17.2. The van der Waals surface area contributed by atoms with Gasteiger partial charge in [0.05, 0.1) is 18.2 Å². The molecule has 0 radical (unpaired) electrons. The zero-order chi connectivity index (χ0) is 20.5. The Balaban J connectivity index is 1.45. The van der Waals surface area contributed by atoms with E-state index < -0.39 is 0 Å². The van der Waals surface area contributed by atoms with Crippen LogP contribution in [0.15, 0.2) is 41.3 Å². The van der Waals surface area contributed by atoms with Crippen LogP contribution in [0, 0.1) is 0 Å². The van der Waals surface area contributed by atoms with Crippen molar-refractivity contribution in [2.45, 2.75) is 37.3 Å². The smallest absolute Gasteiger partial charge is 0.276 e. The van der Waals surface area contributed by atoms with Crippen LogP contribution in [0.3, 0.4) is 0 Å². The number of fused-ring (bicyclic) bond motifs is 1. The van der Waals surface area contributed by atoms with Gasteiger partial charge in [-0.05, 0) is 18.4 Å². The number of aromatic nitrogens is 4. The summed E-state index contributed by atoms with van der Waals surface area (Å²) in [6.45, 7) is 3.87. The van der Waals surface area contributed by atoms with Gasteiger partial charge in [-0.3, -0.25) is 9.69 Å². The van der Waals surface area contributed by atoms with Crippen molar-refractivity contribution < 1.29 is 9.47 Å². The maximum absolute atomic E-state index is 12.8. The normalized spacial score (nSPS) is 23.4. The molecular formula is C22H27N5O3. The topological polar surface area (TPSA) is 84.8 Å². The number of rotatable bonds is 5.